The van der Waals surface area contributed by atoms with Gasteiger partial charge in [-0.05, 0) is 20.8 Å². The molecular formula is C15H25N5O3S. The van der Waals surface area contributed by atoms with Crippen LogP contribution in [0.15, 0.2) is 11.1 Å². The molecule has 0 saturated heterocycles. The zero-order chi connectivity index (χ0) is 17.9. The van der Waals surface area contributed by atoms with Crippen LogP contribution in [-0.4, -0.2) is 48.0 Å². The smallest absolute Gasteiger partial charge is 0.244 e. The second-order valence-corrected chi connectivity index (χ2v) is 7.44. The fourth-order valence-electron chi connectivity index (χ4n) is 2.71. The molecule has 0 spiro atoms. The number of sulfonamides is 1. The molecule has 0 radical (unpaired) electrons. The molecule has 24 heavy (non-hydrogen) atoms. The molecule has 0 fully saturated rings. The molecule has 2 aromatic heterocycles. The minimum absolute atomic E-state index is 0.254. The summed E-state index contributed by atoms with van der Waals surface area (Å²) in [5.74, 6) is 0.840. The van der Waals surface area contributed by atoms with Gasteiger partial charge in [0.25, 0.3) is 0 Å². The van der Waals surface area contributed by atoms with Crippen molar-refractivity contribution in [2.75, 3.05) is 20.3 Å². The SMILES string of the molecule is COCCn1c(C)cnc1CCNS(=O)(=O)c1c(C)nn(C)c1C. The molecule has 2 aromatic rings. The largest absolute Gasteiger partial charge is 0.383 e. The first kappa shape index (κ1) is 18.6. The molecule has 8 nitrogen and oxygen atoms in total. The van der Waals surface area contributed by atoms with Crippen molar-refractivity contribution in [2.24, 2.45) is 7.05 Å². The molecule has 0 aromatic carbocycles. The van der Waals surface area contributed by atoms with E-state index in [-0.39, 0.29) is 11.4 Å². The lowest BCUT2D eigenvalue weighted by atomic mass is 10.4. The lowest BCUT2D eigenvalue weighted by Gasteiger charge is -2.10. The Kier molecular flexibility index (Phi) is 5.79. The molecule has 0 unspecified atom stereocenters. The summed E-state index contributed by atoms with van der Waals surface area (Å²) in [5.41, 5.74) is 2.15. The fraction of sp³-hybridized carbons (Fsp3) is 0.600. The zero-order valence-corrected chi connectivity index (χ0v) is 15.6. The predicted molar refractivity (Wildman–Crippen MR) is 90.4 cm³/mol. The minimum atomic E-state index is -3.59. The van der Waals surface area contributed by atoms with Crippen LogP contribution in [0.25, 0.3) is 0 Å². The Morgan fingerprint density at radius 2 is 2.00 bits per heavy atom. The maximum atomic E-state index is 12.5. The number of aromatic nitrogens is 4. The van der Waals surface area contributed by atoms with E-state index in [0.717, 1.165) is 11.5 Å². The summed E-state index contributed by atoms with van der Waals surface area (Å²) in [4.78, 5) is 4.61. The van der Waals surface area contributed by atoms with Gasteiger partial charge in [0.2, 0.25) is 10.0 Å². The number of nitrogens with zero attached hydrogens (tertiary/aromatic N) is 4. The summed E-state index contributed by atoms with van der Waals surface area (Å²) < 4.78 is 36.4. The van der Waals surface area contributed by atoms with Gasteiger partial charge in [-0.3, -0.25) is 4.68 Å². The Hall–Kier alpha value is -1.71. The van der Waals surface area contributed by atoms with E-state index >= 15 is 0 Å². The van der Waals surface area contributed by atoms with E-state index in [1.54, 1.807) is 38.9 Å². The molecule has 9 heteroatoms. The molecule has 0 amide bonds. The van der Waals surface area contributed by atoms with Crippen molar-refractivity contribution >= 4 is 10.0 Å². The van der Waals surface area contributed by atoms with Crippen molar-refractivity contribution in [1.29, 1.82) is 0 Å². The van der Waals surface area contributed by atoms with Crippen LogP contribution >= 0.6 is 0 Å². The Labute approximate surface area is 142 Å². The topological polar surface area (TPSA) is 91.0 Å². The third-order valence-corrected chi connectivity index (χ3v) is 5.72. The quantitative estimate of drug-likeness (QED) is 0.753. The Morgan fingerprint density at radius 1 is 1.29 bits per heavy atom. The highest BCUT2D eigenvalue weighted by Gasteiger charge is 2.23. The van der Waals surface area contributed by atoms with Gasteiger partial charge in [-0.25, -0.2) is 18.1 Å². The number of hydrogen-bond acceptors (Lipinski definition) is 5. The van der Waals surface area contributed by atoms with Gasteiger partial charge >= 0.3 is 0 Å². The van der Waals surface area contributed by atoms with Gasteiger partial charge in [0.05, 0.1) is 18.0 Å². The third-order valence-electron chi connectivity index (χ3n) is 4.01. The van der Waals surface area contributed by atoms with Crippen LogP contribution in [0, 0.1) is 20.8 Å². The van der Waals surface area contributed by atoms with Crippen LogP contribution in [0.3, 0.4) is 0 Å². The van der Waals surface area contributed by atoms with Crippen molar-refractivity contribution in [3.8, 4) is 0 Å². The van der Waals surface area contributed by atoms with Crippen LogP contribution in [0.4, 0.5) is 0 Å². The summed E-state index contributed by atoms with van der Waals surface area (Å²) >= 11 is 0. The van der Waals surface area contributed by atoms with Gasteiger partial charge in [0.15, 0.2) is 0 Å². The standard InChI is InChI=1S/C15H25N5O3S/c1-11-10-16-14(20(11)8-9-23-5)6-7-17-24(21,22)15-12(2)18-19(4)13(15)3/h10,17H,6-9H2,1-5H3. The molecule has 134 valence electrons. The van der Waals surface area contributed by atoms with Crippen molar-refractivity contribution in [1.82, 2.24) is 24.1 Å². The van der Waals surface area contributed by atoms with Crippen molar-refractivity contribution in [3.63, 3.8) is 0 Å². The zero-order valence-electron chi connectivity index (χ0n) is 14.8. The first-order chi connectivity index (χ1) is 11.3. The number of imidazole rings is 1. The lowest BCUT2D eigenvalue weighted by molar-refractivity contribution is 0.185. The second kappa shape index (κ2) is 7.45. The molecule has 0 saturated carbocycles. The first-order valence-electron chi connectivity index (χ1n) is 7.77. The average molecular weight is 355 g/mol. The van der Waals surface area contributed by atoms with E-state index in [1.165, 1.54) is 0 Å². The average Bonchev–Trinajstić information content (AvgIpc) is 2.97. The van der Waals surface area contributed by atoms with Crippen LogP contribution in [0.5, 0.6) is 0 Å². The minimum Gasteiger partial charge on any atom is -0.383 e. The summed E-state index contributed by atoms with van der Waals surface area (Å²) in [6.45, 7) is 6.98. The van der Waals surface area contributed by atoms with E-state index < -0.39 is 10.0 Å². The monoisotopic (exact) mass is 355 g/mol. The van der Waals surface area contributed by atoms with Gasteiger partial charge < -0.3 is 9.30 Å². The maximum Gasteiger partial charge on any atom is 0.244 e. The fourth-order valence-corrected chi connectivity index (χ4v) is 4.18. The lowest BCUT2D eigenvalue weighted by Crippen LogP contribution is -2.28. The third kappa shape index (κ3) is 3.85. The van der Waals surface area contributed by atoms with Crippen molar-refractivity contribution < 1.29 is 13.2 Å². The Morgan fingerprint density at radius 3 is 2.58 bits per heavy atom. The number of nitrogens with one attached hydrogen (secondary N) is 1. The summed E-state index contributed by atoms with van der Waals surface area (Å²) in [6.07, 6.45) is 2.30. The molecule has 0 bridgehead atoms. The van der Waals surface area contributed by atoms with Crippen molar-refractivity contribution in [3.05, 3.63) is 29.1 Å². The molecule has 0 aliphatic heterocycles. The summed E-state index contributed by atoms with van der Waals surface area (Å²) in [5, 5.41) is 4.16. The number of methoxy groups -OCH3 is 1. The van der Waals surface area contributed by atoms with Gasteiger partial charge in [-0.1, -0.05) is 0 Å². The van der Waals surface area contributed by atoms with E-state index in [1.807, 2.05) is 11.5 Å². The van der Waals surface area contributed by atoms with E-state index in [2.05, 4.69) is 14.8 Å². The van der Waals surface area contributed by atoms with E-state index in [9.17, 15) is 8.42 Å². The highest BCUT2D eigenvalue weighted by molar-refractivity contribution is 7.89. The molecule has 1 N–H and O–H groups in total. The van der Waals surface area contributed by atoms with Crippen molar-refractivity contribution in [2.45, 2.75) is 38.6 Å². The Bertz CT molecular complexity index is 807. The van der Waals surface area contributed by atoms with Gasteiger partial charge in [-0.2, -0.15) is 5.10 Å². The first-order valence-corrected chi connectivity index (χ1v) is 9.26. The Balaban J connectivity index is 2.06. The number of hydrogen-bond donors (Lipinski definition) is 1. The summed E-state index contributed by atoms with van der Waals surface area (Å²) in [6, 6.07) is 0. The second-order valence-electron chi connectivity index (χ2n) is 5.73. The van der Waals surface area contributed by atoms with Crippen LogP contribution in [0.2, 0.25) is 0 Å². The highest BCUT2D eigenvalue weighted by Crippen LogP contribution is 2.18. The van der Waals surface area contributed by atoms with E-state index in [4.69, 9.17) is 4.74 Å². The van der Waals surface area contributed by atoms with Gasteiger partial charge in [0.1, 0.15) is 10.7 Å². The van der Waals surface area contributed by atoms with Crippen LogP contribution < -0.4 is 4.72 Å². The molecule has 0 atom stereocenters. The highest BCUT2D eigenvalue weighted by atomic mass is 32.2. The maximum absolute atomic E-state index is 12.5. The number of rotatable bonds is 8. The normalized spacial score (nSPS) is 12.0. The predicted octanol–water partition coefficient (Wildman–Crippen LogP) is 0.709. The summed E-state index contributed by atoms with van der Waals surface area (Å²) in [7, 11) is -0.205. The number of ether oxygens (including phenoxy) is 1. The van der Waals surface area contributed by atoms with Gasteiger partial charge in [0, 0.05) is 45.6 Å². The van der Waals surface area contributed by atoms with E-state index in [0.29, 0.717) is 31.0 Å². The van der Waals surface area contributed by atoms with Gasteiger partial charge in [-0.15, -0.1) is 0 Å². The van der Waals surface area contributed by atoms with Crippen LogP contribution in [0.1, 0.15) is 22.9 Å². The molecule has 0 aliphatic rings. The molecule has 0 aliphatic carbocycles. The molecular weight excluding hydrogens is 330 g/mol. The van der Waals surface area contributed by atoms with Crippen LogP contribution in [-0.2, 0) is 34.8 Å². The number of aryl methyl sites for hydroxylation is 3. The molecule has 2 heterocycles. The molecule has 2 rings (SSSR count).